The smallest absolute Gasteiger partial charge is 0.323 e. The topological polar surface area (TPSA) is 75.4 Å². The number of carbonyl (C=O) groups is 1. The van der Waals surface area contributed by atoms with Gasteiger partial charge in [0, 0.05) is 23.2 Å². The number of aromatic amines is 1. The molecule has 0 radical (unpaired) electrons. The summed E-state index contributed by atoms with van der Waals surface area (Å²) < 4.78 is 10.4. The molecule has 3 rings (SSSR count). The van der Waals surface area contributed by atoms with E-state index in [-0.39, 0.29) is 6.03 Å². The van der Waals surface area contributed by atoms with Gasteiger partial charge in [0.05, 0.1) is 25.6 Å². The third-order valence-electron chi connectivity index (χ3n) is 3.49. The Bertz CT molecular complexity index is 842. The molecule has 3 N–H and O–H groups in total. The van der Waals surface area contributed by atoms with Gasteiger partial charge < -0.3 is 25.1 Å². The van der Waals surface area contributed by atoms with Gasteiger partial charge in [0.15, 0.2) is 0 Å². The van der Waals surface area contributed by atoms with Crippen LogP contribution in [0.3, 0.4) is 0 Å². The summed E-state index contributed by atoms with van der Waals surface area (Å²) in [5, 5.41) is 6.54. The minimum absolute atomic E-state index is 0.360. The van der Waals surface area contributed by atoms with E-state index in [0.29, 0.717) is 22.9 Å². The lowest BCUT2D eigenvalue weighted by molar-refractivity contribution is 0.262. The molecule has 2 amide bonds. The van der Waals surface area contributed by atoms with E-state index in [9.17, 15) is 4.79 Å². The van der Waals surface area contributed by atoms with E-state index in [1.165, 1.54) is 0 Å². The van der Waals surface area contributed by atoms with Crippen molar-refractivity contribution in [3.8, 4) is 11.5 Å². The molecule has 23 heavy (non-hydrogen) atoms. The number of aromatic nitrogens is 1. The highest BCUT2D eigenvalue weighted by atomic mass is 16.5. The van der Waals surface area contributed by atoms with Gasteiger partial charge in [-0.05, 0) is 18.2 Å². The molecule has 0 aliphatic rings. The molecule has 6 nitrogen and oxygen atoms in total. The number of hydrogen-bond acceptors (Lipinski definition) is 3. The average Bonchev–Trinajstić information content (AvgIpc) is 2.98. The lowest BCUT2D eigenvalue weighted by Gasteiger charge is -2.12. The van der Waals surface area contributed by atoms with Crippen LogP contribution < -0.4 is 20.1 Å². The molecule has 0 spiro atoms. The fourth-order valence-corrected chi connectivity index (χ4v) is 2.36. The van der Waals surface area contributed by atoms with E-state index in [1.807, 2.05) is 24.3 Å². The number of nitrogens with one attached hydrogen (secondary N) is 3. The molecule has 0 saturated heterocycles. The standard InChI is InChI=1S/C17H17N3O3/c1-22-11-7-8-16(23-2)14(9-11)19-17(21)20-15-10-18-13-6-4-3-5-12(13)15/h3-10,18H,1-2H3,(H2,19,20,21). The summed E-state index contributed by atoms with van der Waals surface area (Å²) in [5.74, 6) is 1.19. The van der Waals surface area contributed by atoms with Crippen LogP contribution in [0.2, 0.25) is 0 Å². The molecule has 0 unspecified atom stereocenters. The molecule has 118 valence electrons. The van der Waals surface area contributed by atoms with Gasteiger partial charge in [0.2, 0.25) is 0 Å². The van der Waals surface area contributed by atoms with Crippen molar-refractivity contribution < 1.29 is 14.3 Å². The van der Waals surface area contributed by atoms with Gasteiger partial charge in [-0.2, -0.15) is 0 Å². The van der Waals surface area contributed by atoms with Gasteiger partial charge in [-0.1, -0.05) is 18.2 Å². The quantitative estimate of drug-likeness (QED) is 0.685. The van der Waals surface area contributed by atoms with Crippen LogP contribution >= 0.6 is 0 Å². The molecular formula is C17H17N3O3. The van der Waals surface area contributed by atoms with Crippen LogP contribution in [0.4, 0.5) is 16.2 Å². The van der Waals surface area contributed by atoms with Gasteiger partial charge >= 0.3 is 6.03 Å². The van der Waals surface area contributed by atoms with Crippen molar-refractivity contribution in [1.29, 1.82) is 0 Å². The lowest BCUT2D eigenvalue weighted by atomic mass is 10.2. The minimum atomic E-state index is -0.360. The Morgan fingerprint density at radius 2 is 1.78 bits per heavy atom. The van der Waals surface area contributed by atoms with Crippen LogP contribution in [-0.2, 0) is 0 Å². The van der Waals surface area contributed by atoms with Crippen LogP contribution in [0.25, 0.3) is 10.9 Å². The van der Waals surface area contributed by atoms with Crippen molar-refractivity contribution in [2.45, 2.75) is 0 Å². The molecule has 6 heteroatoms. The number of para-hydroxylation sites is 1. The summed E-state index contributed by atoms with van der Waals surface area (Å²) in [6, 6.07) is 12.6. The molecule has 0 atom stereocenters. The molecule has 0 saturated carbocycles. The first kappa shape index (κ1) is 14.8. The number of hydrogen-bond donors (Lipinski definition) is 3. The predicted molar refractivity (Wildman–Crippen MR) is 90.5 cm³/mol. The monoisotopic (exact) mass is 311 g/mol. The Balaban J connectivity index is 1.79. The number of fused-ring (bicyclic) bond motifs is 1. The second-order valence-corrected chi connectivity index (χ2v) is 4.89. The third kappa shape index (κ3) is 3.06. The SMILES string of the molecule is COc1ccc(OC)c(NC(=O)Nc2c[nH]c3ccccc23)c1. The van der Waals surface area contributed by atoms with Gasteiger partial charge in [-0.15, -0.1) is 0 Å². The molecule has 0 aliphatic carbocycles. The Morgan fingerprint density at radius 1 is 1.00 bits per heavy atom. The molecule has 1 heterocycles. The third-order valence-corrected chi connectivity index (χ3v) is 3.49. The number of rotatable bonds is 4. The number of methoxy groups -OCH3 is 2. The maximum atomic E-state index is 12.3. The Kier molecular flexibility index (Phi) is 4.05. The van der Waals surface area contributed by atoms with E-state index in [2.05, 4.69) is 15.6 Å². The Morgan fingerprint density at radius 3 is 2.57 bits per heavy atom. The summed E-state index contributed by atoms with van der Waals surface area (Å²) in [6.45, 7) is 0. The van der Waals surface area contributed by atoms with E-state index in [1.54, 1.807) is 38.6 Å². The molecule has 2 aromatic carbocycles. The Labute approximate surface area is 133 Å². The summed E-state index contributed by atoms with van der Waals surface area (Å²) in [6.07, 6.45) is 1.76. The van der Waals surface area contributed by atoms with Crippen LogP contribution in [0.5, 0.6) is 11.5 Å². The first-order valence-electron chi connectivity index (χ1n) is 7.07. The number of amides is 2. The number of carbonyl (C=O) groups excluding carboxylic acids is 1. The number of H-pyrrole nitrogens is 1. The fraction of sp³-hybridized carbons (Fsp3) is 0.118. The van der Waals surface area contributed by atoms with Gasteiger partial charge in [-0.25, -0.2) is 4.79 Å². The van der Waals surface area contributed by atoms with Gasteiger partial charge in [-0.3, -0.25) is 0 Å². The predicted octanol–water partition coefficient (Wildman–Crippen LogP) is 3.83. The number of urea groups is 1. The number of benzene rings is 2. The lowest BCUT2D eigenvalue weighted by Crippen LogP contribution is -2.19. The van der Waals surface area contributed by atoms with Crippen LogP contribution in [0.1, 0.15) is 0 Å². The van der Waals surface area contributed by atoms with E-state index in [0.717, 1.165) is 10.9 Å². The second-order valence-electron chi connectivity index (χ2n) is 4.89. The maximum absolute atomic E-state index is 12.3. The summed E-state index contributed by atoms with van der Waals surface area (Å²) in [4.78, 5) is 15.4. The molecule has 0 bridgehead atoms. The highest BCUT2D eigenvalue weighted by molar-refractivity contribution is 6.06. The zero-order valence-electron chi connectivity index (χ0n) is 12.8. The maximum Gasteiger partial charge on any atom is 0.323 e. The first-order chi connectivity index (χ1) is 11.2. The van der Waals surface area contributed by atoms with Crippen molar-refractivity contribution in [3.05, 3.63) is 48.7 Å². The van der Waals surface area contributed by atoms with Crippen molar-refractivity contribution in [3.63, 3.8) is 0 Å². The molecular weight excluding hydrogens is 294 g/mol. The van der Waals surface area contributed by atoms with E-state index >= 15 is 0 Å². The van der Waals surface area contributed by atoms with E-state index in [4.69, 9.17) is 9.47 Å². The van der Waals surface area contributed by atoms with Crippen molar-refractivity contribution in [1.82, 2.24) is 4.98 Å². The highest BCUT2D eigenvalue weighted by Crippen LogP contribution is 2.29. The van der Waals surface area contributed by atoms with Crippen LogP contribution in [0, 0.1) is 0 Å². The zero-order chi connectivity index (χ0) is 16.2. The van der Waals surface area contributed by atoms with Crippen LogP contribution in [0.15, 0.2) is 48.7 Å². The number of anilines is 2. The molecule has 1 aromatic heterocycles. The zero-order valence-corrected chi connectivity index (χ0v) is 12.8. The van der Waals surface area contributed by atoms with Crippen molar-refractivity contribution in [2.75, 3.05) is 24.9 Å². The number of ether oxygens (including phenoxy) is 2. The van der Waals surface area contributed by atoms with Crippen molar-refractivity contribution >= 4 is 28.3 Å². The summed E-state index contributed by atoms with van der Waals surface area (Å²) in [5.41, 5.74) is 2.20. The largest absolute Gasteiger partial charge is 0.497 e. The fourth-order valence-electron chi connectivity index (χ4n) is 2.36. The summed E-state index contributed by atoms with van der Waals surface area (Å²) >= 11 is 0. The van der Waals surface area contributed by atoms with E-state index < -0.39 is 0 Å². The summed E-state index contributed by atoms with van der Waals surface area (Å²) in [7, 11) is 3.11. The van der Waals surface area contributed by atoms with Crippen molar-refractivity contribution in [2.24, 2.45) is 0 Å². The Hall–Kier alpha value is -3.15. The highest BCUT2D eigenvalue weighted by Gasteiger charge is 2.11. The second kappa shape index (κ2) is 6.31. The average molecular weight is 311 g/mol. The minimum Gasteiger partial charge on any atom is -0.497 e. The van der Waals surface area contributed by atoms with Gasteiger partial charge in [0.1, 0.15) is 11.5 Å². The molecule has 3 aromatic rings. The molecule has 0 aliphatic heterocycles. The molecule has 0 fully saturated rings. The van der Waals surface area contributed by atoms with Crippen LogP contribution in [-0.4, -0.2) is 25.2 Å². The first-order valence-corrected chi connectivity index (χ1v) is 7.07. The normalized spacial score (nSPS) is 10.3. The van der Waals surface area contributed by atoms with Gasteiger partial charge in [0.25, 0.3) is 0 Å².